The molecule has 7 nitrogen and oxygen atoms in total. The highest BCUT2D eigenvalue weighted by atomic mass is 35.5. The van der Waals surface area contributed by atoms with Gasteiger partial charge in [-0.05, 0) is 78.6 Å². The van der Waals surface area contributed by atoms with Crippen molar-refractivity contribution < 1.29 is 19.1 Å². The molecule has 3 N–H and O–H groups in total. The third-order valence-electron chi connectivity index (χ3n) is 7.44. The van der Waals surface area contributed by atoms with Gasteiger partial charge >= 0.3 is 0 Å². The molecule has 0 heterocycles. The summed E-state index contributed by atoms with van der Waals surface area (Å²) in [6.45, 7) is 3.79. The molecule has 0 aliphatic carbocycles. The molecule has 0 spiro atoms. The van der Waals surface area contributed by atoms with E-state index in [0.29, 0.717) is 27.7 Å². The lowest BCUT2D eigenvalue weighted by molar-refractivity contribution is -0.116. The maximum absolute atomic E-state index is 13.8. The van der Waals surface area contributed by atoms with Gasteiger partial charge in [0.15, 0.2) is 0 Å². The number of anilines is 2. The second kappa shape index (κ2) is 16.0. The number of nitrogens with one attached hydrogen (secondary N) is 3. The lowest BCUT2D eigenvalue weighted by Crippen LogP contribution is -2.30. The van der Waals surface area contributed by atoms with Crippen LogP contribution in [0, 0.1) is 13.8 Å². The minimum absolute atomic E-state index is 0.0879. The Bertz CT molecular complexity index is 1970. The highest BCUT2D eigenvalue weighted by molar-refractivity contribution is 8.00. The smallest absolute Gasteiger partial charge is 0.272 e. The predicted octanol–water partition coefficient (Wildman–Crippen LogP) is 8.85. The summed E-state index contributed by atoms with van der Waals surface area (Å²) in [6.07, 6.45) is 1.66. The van der Waals surface area contributed by atoms with Gasteiger partial charge in [0.25, 0.3) is 11.8 Å². The molecule has 3 amide bonds. The average Bonchev–Trinajstić information content (AvgIpc) is 3.10. The second-order valence-electron chi connectivity index (χ2n) is 10.9. The molecule has 1 atom stereocenters. The quantitative estimate of drug-likeness (QED) is 0.0960. The van der Waals surface area contributed by atoms with E-state index in [-0.39, 0.29) is 11.6 Å². The molecule has 5 aromatic rings. The molecular weight excluding hydrogens is 642 g/mol. The monoisotopic (exact) mass is 675 g/mol. The zero-order chi connectivity index (χ0) is 34.0. The summed E-state index contributed by atoms with van der Waals surface area (Å²) in [7, 11) is 1.52. The van der Waals surface area contributed by atoms with E-state index in [1.165, 1.54) is 18.9 Å². The molecule has 0 radical (unpaired) electrons. The molecule has 242 valence electrons. The third-order valence-corrected chi connectivity index (χ3v) is 9.10. The molecule has 0 bridgehead atoms. The van der Waals surface area contributed by atoms with Gasteiger partial charge in [-0.3, -0.25) is 14.4 Å². The topological polar surface area (TPSA) is 96.5 Å². The fraction of sp³-hybridized carbons (Fsp3) is 0.103. The number of hydrogen-bond donors (Lipinski definition) is 3. The number of rotatable bonds is 11. The van der Waals surface area contributed by atoms with Gasteiger partial charge in [0.1, 0.15) is 16.7 Å². The molecule has 5 aromatic carbocycles. The molecule has 0 fully saturated rings. The van der Waals surface area contributed by atoms with E-state index in [4.69, 9.17) is 16.3 Å². The van der Waals surface area contributed by atoms with Crippen LogP contribution in [0.5, 0.6) is 5.75 Å². The molecule has 0 saturated carbocycles. The minimum atomic E-state index is -0.639. The molecule has 5 rings (SSSR count). The minimum Gasteiger partial charge on any atom is -0.495 e. The van der Waals surface area contributed by atoms with Crippen molar-refractivity contribution in [2.24, 2.45) is 0 Å². The molecule has 0 saturated heterocycles. The van der Waals surface area contributed by atoms with Crippen molar-refractivity contribution in [3.05, 3.63) is 160 Å². The first-order valence-electron chi connectivity index (χ1n) is 15.1. The Hall–Kier alpha value is -5.31. The van der Waals surface area contributed by atoms with Gasteiger partial charge in [0.05, 0.1) is 12.8 Å². The van der Waals surface area contributed by atoms with E-state index in [9.17, 15) is 14.4 Å². The zero-order valence-electron chi connectivity index (χ0n) is 26.6. The number of hydrogen-bond acceptors (Lipinski definition) is 5. The van der Waals surface area contributed by atoms with Crippen LogP contribution in [0.3, 0.4) is 0 Å². The first kappa shape index (κ1) is 34.0. The Morgan fingerprint density at radius 3 is 2.17 bits per heavy atom. The zero-order valence-corrected chi connectivity index (χ0v) is 28.2. The van der Waals surface area contributed by atoms with E-state index in [0.717, 1.165) is 27.1 Å². The van der Waals surface area contributed by atoms with Crippen LogP contribution in [0.15, 0.2) is 132 Å². The van der Waals surface area contributed by atoms with Gasteiger partial charge in [-0.2, -0.15) is 0 Å². The lowest BCUT2D eigenvalue weighted by atomic mass is 10.1. The normalized spacial score (nSPS) is 11.7. The van der Waals surface area contributed by atoms with Gasteiger partial charge in [-0.15, -0.1) is 11.8 Å². The van der Waals surface area contributed by atoms with Crippen molar-refractivity contribution >= 4 is 58.5 Å². The van der Waals surface area contributed by atoms with Crippen molar-refractivity contribution in [1.82, 2.24) is 5.32 Å². The van der Waals surface area contributed by atoms with Crippen molar-refractivity contribution in [1.29, 1.82) is 0 Å². The lowest BCUT2D eigenvalue weighted by Gasteiger charge is -2.19. The van der Waals surface area contributed by atoms with Crippen LogP contribution in [-0.4, -0.2) is 24.8 Å². The molecular formula is C39H34ClN3O4S. The van der Waals surface area contributed by atoms with E-state index < -0.39 is 17.1 Å². The van der Waals surface area contributed by atoms with Gasteiger partial charge in [-0.1, -0.05) is 90.5 Å². The number of halogens is 1. The van der Waals surface area contributed by atoms with E-state index in [1.807, 2.05) is 80.6 Å². The molecule has 0 aliphatic heterocycles. The van der Waals surface area contributed by atoms with Crippen LogP contribution in [0.25, 0.3) is 6.08 Å². The first-order chi connectivity index (χ1) is 23.2. The predicted molar refractivity (Wildman–Crippen MR) is 195 cm³/mol. The summed E-state index contributed by atoms with van der Waals surface area (Å²) in [4.78, 5) is 41.3. The Labute approximate surface area is 289 Å². The highest BCUT2D eigenvalue weighted by Gasteiger charge is 2.24. The van der Waals surface area contributed by atoms with Crippen LogP contribution < -0.4 is 20.7 Å². The number of methoxy groups -OCH3 is 1. The summed E-state index contributed by atoms with van der Waals surface area (Å²) in [5.41, 5.74) is 4.87. The third kappa shape index (κ3) is 8.73. The molecule has 48 heavy (non-hydrogen) atoms. The summed E-state index contributed by atoms with van der Waals surface area (Å²) in [5.74, 6) is -0.700. The molecule has 9 heteroatoms. The summed E-state index contributed by atoms with van der Waals surface area (Å²) < 4.78 is 5.47. The van der Waals surface area contributed by atoms with E-state index in [1.54, 1.807) is 60.7 Å². The SMILES string of the molecule is COc1cc(Cl)c(C)cc1NC(=O)C(Sc1cccc(NC(=O)/C(=C/c2ccccc2C)NC(=O)c2ccccc2)c1)c1ccccc1. The van der Waals surface area contributed by atoms with E-state index in [2.05, 4.69) is 16.0 Å². The number of benzene rings is 5. The summed E-state index contributed by atoms with van der Waals surface area (Å²) in [6, 6.07) is 36.4. The van der Waals surface area contributed by atoms with Gasteiger partial charge in [0, 0.05) is 27.2 Å². The largest absolute Gasteiger partial charge is 0.495 e. The Morgan fingerprint density at radius 2 is 1.46 bits per heavy atom. The number of thioether (sulfide) groups is 1. The number of carbonyl (C=O) groups excluding carboxylic acids is 3. The molecule has 0 aliphatic rings. The molecule has 1 unspecified atom stereocenters. The fourth-order valence-corrected chi connectivity index (χ4v) is 6.09. The Morgan fingerprint density at radius 1 is 0.771 bits per heavy atom. The maximum Gasteiger partial charge on any atom is 0.272 e. The standard InChI is InChI=1S/C39H34ClN3O4S/c1-25-13-10-11-18-29(25)22-34(43-37(44)28-16-8-5-9-17-28)38(45)41-30-19-12-20-31(23-30)48-36(27-14-6-4-7-15-27)39(46)42-33-21-26(2)32(40)24-35(33)47-3/h4-24,36H,1-3H3,(H,41,45)(H,42,46)(H,43,44)/b34-22-. The van der Waals surface area contributed by atoms with Crippen molar-refractivity contribution in [2.45, 2.75) is 24.0 Å². The van der Waals surface area contributed by atoms with Crippen LogP contribution in [0.4, 0.5) is 11.4 Å². The number of carbonyl (C=O) groups is 3. The Kier molecular flexibility index (Phi) is 11.3. The van der Waals surface area contributed by atoms with Crippen molar-refractivity contribution in [2.75, 3.05) is 17.7 Å². The Balaban J connectivity index is 1.40. The van der Waals surface area contributed by atoms with Gasteiger partial charge in [-0.25, -0.2) is 0 Å². The van der Waals surface area contributed by atoms with Crippen molar-refractivity contribution in [3.63, 3.8) is 0 Å². The summed E-state index contributed by atoms with van der Waals surface area (Å²) in [5, 5.41) is 8.61. The van der Waals surface area contributed by atoms with Crippen LogP contribution >= 0.6 is 23.4 Å². The second-order valence-corrected chi connectivity index (χ2v) is 12.5. The molecule has 0 aromatic heterocycles. The number of aryl methyl sites for hydroxylation is 2. The van der Waals surface area contributed by atoms with Gasteiger partial charge < -0.3 is 20.7 Å². The van der Waals surface area contributed by atoms with Crippen LogP contribution in [0.2, 0.25) is 5.02 Å². The van der Waals surface area contributed by atoms with Crippen LogP contribution in [0.1, 0.15) is 37.9 Å². The van der Waals surface area contributed by atoms with Crippen LogP contribution in [-0.2, 0) is 9.59 Å². The van der Waals surface area contributed by atoms with Crippen molar-refractivity contribution in [3.8, 4) is 5.75 Å². The highest BCUT2D eigenvalue weighted by Crippen LogP contribution is 2.39. The average molecular weight is 676 g/mol. The summed E-state index contributed by atoms with van der Waals surface area (Å²) >= 11 is 7.62. The number of ether oxygens (including phenoxy) is 1. The first-order valence-corrected chi connectivity index (χ1v) is 16.4. The van der Waals surface area contributed by atoms with E-state index >= 15 is 0 Å². The maximum atomic E-state index is 13.8. The fourth-order valence-electron chi connectivity index (χ4n) is 4.86. The van der Waals surface area contributed by atoms with Gasteiger partial charge in [0.2, 0.25) is 5.91 Å². The number of amides is 3.